The predicted octanol–water partition coefficient (Wildman–Crippen LogP) is 4.93. The van der Waals surface area contributed by atoms with Crippen molar-refractivity contribution in [2.24, 2.45) is 4.99 Å². The average Bonchev–Trinajstić information content (AvgIpc) is 3.05. The zero-order valence-electron chi connectivity index (χ0n) is 11.7. The number of para-hydroxylation sites is 1. The summed E-state index contributed by atoms with van der Waals surface area (Å²) >= 11 is 1.72. The minimum atomic E-state index is 1.07. The first-order valence-electron chi connectivity index (χ1n) is 7.40. The van der Waals surface area contributed by atoms with Crippen molar-refractivity contribution in [3.8, 4) is 0 Å². The van der Waals surface area contributed by atoms with E-state index in [0.29, 0.717) is 0 Å². The smallest absolute Gasteiger partial charge is 0.0774 e. The Hall–Kier alpha value is -2.00. The number of aliphatic imine (C=N–C) groups is 1. The van der Waals surface area contributed by atoms with E-state index in [1.54, 1.807) is 11.3 Å². The van der Waals surface area contributed by atoms with Gasteiger partial charge in [-0.1, -0.05) is 24.3 Å². The molecule has 2 nitrogen and oxygen atoms in total. The minimum Gasteiger partial charge on any atom is -0.254 e. The number of hydrogen-bond donors (Lipinski definition) is 0. The van der Waals surface area contributed by atoms with Gasteiger partial charge in [0.15, 0.2) is 0 Å². The van der Waals surface area contributed by atoms with Gasteiger partial charge in [-0.25, -0.2) is 0 Å². The van der Waals surface area contributed by atoms with Crippen LogP contribution in [0.25, 0.3) is 10.9 Å². The van der Waals surface area contributed by atoms with Crippen LogP contribution in [0.1, 0.15) is 29.0 Å². The lowest BCUT2D eigenvalue weighted by molar-refractivity contribution is 0.672. The summed E-state index contributed by atoms with van der Waals surface area (Å²) in [5.74, 6) is 0. The largest absolute Gasteiger partial charge is 0.254 e. The number of pyridine rings is 1. The van der Waals surface area contributed by atoms with Crippen LogP contribution in [0.15, 0.2) is 46.8 Å². The molecule has 1 aromatic carbocycles. The van der Waals surface area contributed by atoms with Gasteiger partial charge in [0.05, 0.1) is 11.2 Å². The Balaban J connectivity index is 1.92. The molecule has 3 heteroatoms. The van der Waals surface area contributed by atoms with Gasteiger partial charge in [0.1, 0.15) is 0 Å². The third kappa shape index (κ3) is 2.38. The number of rotatable bonds is 2. The van der Waals surface area contributed by atoms with Crippen molar-refractivity contribution in [2.75, 3.05) is 0 Å². The zero-order chi connectivity index (χ0) is 14.1. The van der Waals surface area contributed by atoms with E-state index in [0.717, 1.165) is 24.0 Å². The fourth-order valence-electron chi connectivity index (χ4n) is 2.99. The Morgan fingerprint density at radius 3 is 2.86 bits per heavy atom. The second kappa shape index (κ2) is 5.41. The third-order valence-electron chi connectivity index (χ3n) is 4.00. The SMILES string of the molecule is C(=Nc1c2c(nc3ccccc13)CCCC2)c1cccs1. The van der Waals surface area contributed by atoms with E-state index in [4.69, 9.17) is 9.98 Å². The van der Waals surface area contributed by atoms with Crippen LogP contribution in [-0.2, 0) is 12.8 Å². The number of benzene rings is 1. The third-order valence-corrected chi connectivity index (χ3v) is 4.81. The molecule has 1 aliphatic carbocycles. The minimum absolute atomic E-state index is 1.07. The van der Waals surface area contributed by atoms with Gasteiger partial charge in [0.25, 0.3) is 0 Å². The molecule has 0 radical (unpaired) electrons. The van der Waals surface area contributed by atoms with Crippen molar-refractivity contribution in [3.05, 3.63) is 57.9 Å². The van der Waals surface area contributed by atoms with Gasteiger partial charge in [0, 0.05) is 22.2 Å². The molecule has 0 fully saturated rings. The molecule has 21 heavy (non-hydrogen) atoms. The van der Waals surface area contributed by atoms with E-state index in [1.807, 2.05) is 6.21 Å². The summed E-state index contributed by atoms with van der Waals surface area (Å²) in [4.78, 5) is 10.9. The molecular weight excluding hydrogens is 276 g/mol. The van der Waals surface area contributed by atoms with Crippen LogP contribution in [0.2, 0.25) is 0 Å². The zero-order valence-corrected chi connectivity index (χ0v) is 12.6. The summed E-state index contributed by atoms with van der Waals surface area (Å²) in [6.45, 7) is 0. The van der Waals surface area contributed by atoms with Gasteiger partial charge in [0.2, 0.25) is 0 Å². The molecule has 4 rings (SSSR count). The molecule has 0 atom stereocenters. The van der Waals surface area contributed by atoms with Gasteiger partial charge < -0.3 is 0 Å². The second-order valence-electron chi connectivity index (χ2n) is 5.38. The number of nitrogens with zero attached hydrogens (tertiary/aromatic N) is 2. The highest BCUT2D eigenvalue weighted by atomic mass is 32.1. The van der Waals surface area contributed by atoms with E-state index in [9.17, 15) is 0 Å². The summed E-state index contributed by atoms with van der Waals surface area (Å²) in [7, 11) is 0. The molecule has 104 valence electrons. The van der Waals surface area contributed by atoms with Gasteiger partial charge in [-0.15, -0.1) is 11.3 Å². The monoisotopic (exact) mass is 292 g/mol. The van der Waals surface area contributed by atoms with E-state index < -0.39 is 0 Å². The van der Waals surface area contributed by atoms with Crippen LogP contribution in [0.4, 0.5) is 5.69 Å². The van der Waals surface area contributed by atoms with Crippen LogP contribution < -0.4 is 0 Å². The molecule has 2 heterocycles. The van der Waals surface area contributed by atoms with Crippen molar-refractivity contribution in [1.29, 1.82) is 0 Å². The average molecular weight is 292 g/mol. The van der Waals surface area contributed by atoms with Crippen LogP contribution in [-0.4, -0.2) is 11.2 Å². The number of thiophene rings is 1. The van der Waals surface area contributed by atoms with Crippen LogP contribution >= 0.6 is 11.3 Å². The summed E-state index contributed by atoms with van der Waals surface area (Å²) in [5, 5.41) is 3.26. The highest BCUT2D eigenvalue weighted by molar-refractivity contribution is 7.11. The van der Waals surface area contributed by atoms with Crippen molar-refractivity contribution in [1.82, 2.24) is 4.98 Å². The van der Waals surface area contributed by atoms with Gasteiger partial charge in [-0.3, -0.25) is 9.98 Å². The fourth-order valence-corrected chi connectivity index (χ4v) is 3.57. The van der Waals surface area contributed by atoms with E-state index in [-0.39, 0.29) is 0 Å². The number of aromatic nitrogens is 1. The van der Waals surface area contributed by atoms with E-state index in [2.05, 4.69) is 41.8 Å². The summed E-state index contributed by atoms with van der Waals surface area (Å²) in [5.41, 5.74) is 4.80. The van der Waals surface area contributed by atoms with Crippen LogP contribution in [0, 0.1) is 0 Å². The first-order valence-corrected chi connectivity index (χ1v) is 8.28. The molecule has 2 aromatic heterocycles. The van der Waals surface area contributed by atoms with Crippen molar-refractivity contribution in [2.45, 2.75) is 25.7 Å². The summed E-state index contributed by atoms with van der Waals surface area (Å²) in [6, 6.07) is 12.5. The highest BCUT2D eigenvalue weighted by Gasteiger charge is 2.17. The number of aryl methyl sites for hydroxylation is 1. The molecule has 0 N–H and O–H groups in total. The summed E-state index contributed by atoms with van der Waals surface area (Å²) in [6.07, 6.45) is 6.66. The molecule has 1 aliphatic rings. The Bertz CT molecular complexity index is 803. The Morgan fingerprint density at radius 2 is 1.95 bits per heavy atom. The Labute approximate surface area is 128 Å². The van der Waals surface area contributed by atoms with Crippen LogP contribution in [0.5, 0.6) is 0 Å². The van der Waals surface area contributed by atoms with Gasteiger partial charge >= 0.3 is 0 Å². The van der Waals surface area contributed by atoms with Crippen molar-refractivity contribution < 1.29 is 0 Å². The summed E-state index contributed by atoms with van der Waals surface area (Å²) < 4.78 is 0. The predicted molar refractivity (Wildman–Crippen MR) is 90.0 cm³/mol. The van der Waals surface area contributed by atoms with E-state index >= 15 is 0 Å². The molecule has 0 bridgehead atoms. The Morgan fingerprint density at radius 1 is 1.05 bits per heavy atom. The molecule has 0 saturated carbocycles. The fraction of sp³-hybridized carbons (Fsp3) is 0.222. The van der Waals surface area contributed by atoms with Gasteiger partial charge in [-0.2, -0.15) is 0 Å². The first kappa shape index (κ1) is 12.7. The topological polar surface area (TPSA) is 25.2 Å². The molecule has 0 unspecified atom stereocenters. The molecule has 3 aromatic rings. The molecule has 0 amide bonds. The van der Waals surface area contributed by atoms with Crippen LogP contribution in [0.3, 0.4) is 0 Å². The molecule has 0 aliphatic heterocycles. The number of hydrogen-bond acceptors (Lipinski definition) is 3. The Kier molecular flexibility index (Phi) is 3.28. The first-order chi connectivity index (χ1) is 10.4. The standard InChI is InChI=1S/C18H16N2S/c1-3-9-16-14(7-1)18(19-12-13-6-5-11-21-13)15-8-2-4-10-17(15)20-16/h1,3,5-7,9,11-12H,2,4,8,10H2. The lowest BCUT2D eigenvalue weighted by Gasteiger charge is -2.18. The maximum absolute atomic E-state index is 4.85. The maximum atomic E-state index is 4.85. The lowest BCUT2D eigenvalue weighted by Crippen LogP contribution is -2.06. The molecular formula is C18H16N2S. The lowest BCUT2D eigenvalue weighted by atomic mass is 9.93. The maximum Gasteiger partial charge on any atom is 0.0774 e. The normalized spacial score (nSPS) is 14.7. The molecule has 0 spiro atoms. The van der Waals surface area contributed by atoms with E-state index in [1.165, 1.54) is 34.4 Å². The van der Waals surface area contributed by atoms with Crippen molar-refractivity contribution >= 4 is 34.1 Å². The van der Waals surface area contributed by atoms with Crippen molar-refractivity contribution in [3.63, 3.8) is 0 Å². The quantitative estimate of drug-likeness (QED) is 0.615. The second-order valence-corrected chi connectivity index (χ2v) is 6.36. The number of fused-ring (bicyclic) bond motifs is 2. The van der Waals surface area contributed by atoms with Gasteiger partial charge in [-0.05, 0) is 48.8 Å². The molecule has 0 saturated heterocycles. The highest BCUT2D eigenvalue weighted by Crippen LogP contribution is 2.35.